The Morgan fingerprint density at radius 2 is 1.67 bits per heavy atom. The van der Waals surface area contributed by atoms with Gasteiger partial charge in [-0.2, -0.15) is 0 Å². The highest BCUT2D eigenvalue weighted by Gasteiger charge is 2.43. The smallest absolute Gasteiger partial charge is 0.161 e. The monoisotopic (exact) mass is 217 g/mol. The molecule has 0 bridgehead atoms. The van der Waals surface area contributed by atoms with Crippen LogP contribution in [0, 0.1) is 17.5 Å². The van der Waals surface area contributed by atoms with Crippen molar-refractivity contribution in [2.75, 3.05) is 0 Å². The van der Waals surface area contributed by atoms with E-state index in [9.17, 15) is 13.2 Å². The molecular weight excluding hydrogens is 207 g/mol. The van der Waals surface area contributed by atoms with Gasteiger partial charge in [-0.15, -0.1) is 0 Å². The number of rotatable bonds is 1. The van der Waals surface area contributed by atoms with Crippen LogP contribution >= 0.6 is 0 Å². The van der Waals surface area contributed by atoms with E-state index in [2.05, 4.69) is 0 Å². The standard InChI is InChI=1S/C10H10F3NO/c11-7-2-9(13)8(12)1-6(7)10(14)3-5(15)4-10/h1-2,5,15H,3-4,14H2. The maximum absolute atomic E-state index is 13.3. The van der Waals surface area contributed by atoms with E-state index in [0.29, 0.717) is 6.07 Å². The van der Waals surface area contributed by atoms with Gasteiger partial charge in [0.25, 0.3) is 0 Å². The third kappa shape index (κ3) is 1.61. The van der Waals surface area contributed by atoms with Gasteiger partial charge in [-0.25, -0.2) is 13.2 Å². The van der Waals surface area contributed by atoms with Gasteiger partial charge in [-0.3, -0.25) is 0 Å². The SMILES string of the molecule is NC1(c2cc(F)c(F)cc2F)CC(O)C1. The zero-order valence-electron chi connectivity index (χ0n) is 7.80. The largest absolute Gasteiger partial charge is 0.393 e. The molecule has 3 N–H and O–H groups in total. The lowest BCUT2D eigenvalue weighted by molar-refractivity contribution is 0.0190. The number of benzene rings is 1. The molecule has 1 fully saturated rings. The molecule has 0 atom stereocenters. The molecule has 1 saturated carbocycles. The van der Waals surface area contributed by atoms with Gasteiger partial charge in [-0.1, -0.05) is 0 Å². The Labute approximate surface area is 84.5 Å². The zero-order valence-corrected chi connectivity index (χ0v) is 7.80. The minimum atomic E-state index is -1.24. The van der Waals surface area contributed by atoms with Gasteiger partial charge in [-0.05, 0) is 18.9 Å². The lowest BCUT2D eigenvalue weighted by atomic mass is 9.70. The molecule has 0 saturated heterocycles. The molecule has 5 heteroatoms. The first-order valence-corrected chi connectivity index (χ1v) is 4.54. The summed E-state index contributed by atoms with van der Waals surface area (Å²) in [6.07, 6.45) is -0.271. The Balaban J connectivity index is 2.41. The number of nitrogens with two attached hydrogens (primary N) is 1. The highest BCUT2D eigenvalue weighted by molar-refractivity contribution is 5.30. The van der Waals surface area contributed by atoms with E-state index in [1.807, 2.05) is 0 Å². The predicted octanol–water partition coefficient (Wildman–Crippen LogP) is 1.41. The van der Waals surface area contributed by atoms with E-state index in [1.54, 1.807) is 0 Å². The second-order valence-electron chi connectivity index (χ2n) is 3.96. The molecule has 0 amide bonds. The van der Waals surface area contributed by atoms with Crippen molar-refractivity contribution in [3.8, 4) is 0 Å². The van der Waals surface area contributed by atoms with Gasteiger partial charge in [0.15, 0.2) is 11.6 Å². The van der Waals surface area contributed by atoms with Crippen molar-refractivity contribution >= 4 is 0 Å². The first-order chi connectivity index (χ1) is 6.92. The van der Waals surface area contributed by atoms with Gasteiger partial charge >= 0.3 is 0 Å². The molecule has 1 aromatic carbocycles. The summed E-state index contributed by atoms with van der Waals surface area (Å²) in [7, 11) is 0. The fourth-order valence-electron chi connectivity index (χ4n) is 1.91. The quantitative estimate of drug-likeness (QED) is 0.699. The van der Waals surface area contributed by atoms with Gasteiger partial charge in [0.05, 0.1) is 6.10 Å². The molecule has 1 aliphatic carbocycles. The fraction of sp³-hybridized carbons (Fsp3) is 0.400. The van der Waals surface area contributed by atoms with Crippen molar-refractivity contribution in [3.05, 3.63) is 35.1 Å². The number of halogens is 3. The molecule has 0 heterocycles. The molecule has 82 valence electrons. The topological polar surface area (TPSA) is 46.2 Å². The summed E-state index contributed by atoms with van der Waals surface area (Å²) in [5, 5.41) is 9.09. The zero-order chi connectivity index (χ0) is 11.2. The van der Waals surface area contributed by atoms with Crippen molar-refractivity contribution in [3.63, 3.8) is 0 Å². The molecule has 0 spiro atoms. The molecule has 2 nitrogen and oxygen atoms in total. The van der Waals surface area contributed by atoms with Crippen LogP contribution in [0.1, 0.15) is 18.4 Å². The molecule has 2 rings (SSSR count). The summed E-state index contributed by atoms with van der Waals surface area (Å²) in [5.74, 6) is -3.24. The first kappa shape index (κ1) is 10.4. The number of hydrogen-bond donors (Lipinski definition) is 2. The molecule has 15 heavy (non-hydrogen) atoms. The van der Waals surface area contributed by atoms with Crippen LogP contribution in [0.15, 0.2) is 12.1 Å². The lowest BCUT2D eigenvalue weighted by Crippen LogP contribution is -2.52. The first-order valence-electron chi connectivity index (χ1n) is 4.54. The van der Waals surface area contributed by atoms with Crippen molar-refractivity contribution < 1.29 is 18.3 Å². The number of aliphatic hydroxyl groups is 1. The van der Waals surface area contributed by atoms with Gasteiger partial charge < -0.3 is 10.8 Å². The van der Waals surface area contributed by atoms with Crippen LogP contribution in [-0.4, -0.2) is 11.2 Å². The molecular formula is C10H10F3NO. The van der Waals surface area contributed by atoms with Crippen LogP contribution in [0.3, 0.4) is 0 Å². The van der Waals surface area contributed by atoms with Gasteiger partial charge in [0.1, 0.15) is 5.82 Å². The van der Waals surface area contributed by atoms with Crippen molar-refractivity contribution in [2.24, 2.45) is 5.73 Å². The number of aliphatic hydroxyl groups excluding tert-OH is 1. The summed E-state index contributed by atoms with van der Waals surface area (Å²) in [6, 6.07) is 1.24. The minimum absolute atomic E-state index is 0.0771. The average molecular weight is 217 g/mol. The van der Waals surface area contributed by atoms with Crippen LogP contribution in [0.2, 0.25) is 0 Å². The number of hydrogen-bond acceptors (Lipinski definition) is 2. The van der Waals surface area contributed by atoms with E-state index < -0.39 is 29.1 Å². The molecule has 0 aliphatic heterocycles. The maximum Gasteiger partial charge on any atom is 0.161 e. The Morgan fingerprint density at radius 1 is 1.13 bits per heavy atom. The molecule has 0 aromatic heterocycles. The van der Waals surface area contributed by atoms with E-state index in [0.717, 1.165) is 6.07 Å². The average Bonchev–Trinajstić information content (AvgIpc) is 2.08. The maximum atomic E-state index is 13.3. The van der Waals surface area contributed by atoms with E-state index in [-0.39, 0.29) is 18.4 Å². The Bertz CT molecular complexity index is 402. The Hall–Kier alpha value is -1.07. The summed E-state index contributed by atoms with van der Waals surface area (Å²) in [6.45, 7) is 0. The van der Waals surface area contributed by atoms with Crippen LogP contribution < -0.4 is 5.73 Å². The van der Waals surface area contributed by atoms with Crippen LogP contribution in [0.5, 0.6) is 0 Å². The summed E-state index contributed by atoms with van der Waals surface area (Å²) in [5.41, 5.74) is 4.60. The lowest BCUT2D eigenvalue weighted by Gasteiger charge is -2.42. The summed E-state index contributed by atoms with van der Waals surface area (Å²) >= 11 is 0. The normalized spacial score (nSPS) is 30.1. The summed E-state index contributed by atoms with van der Waals surface area (Å²) < 4.78 is 38.8. The predicted molar refractivity (Wildman–Crippen MR) is 47.4 cm³/mol. The van der Waals surface area contributed by atoms with Crippen LogP contribution in [-0.2, 0) is 5.54 Å². The second-order valence-corrected chi connectivity index (χ2v) is 3.96. The fourth-order valence-corrected chi connectivity index (χ4v) is 1.91. The highest BCUT2D eigenvalue weighted by Crippen LogP contribution is 2.40. The highest BCUT2D eigenvalue weighted by atomic mass is 19.2. The Morgan fingerprint density at radius 3 is 2.20 bits per heavy atom. The van der Waals surface area contributed by atoms with Crippen LogP contribution in [0.4, 0.5) is 13.2 Å². The molecule has 0 radical (unpaired) electrons. The van der Waals surface area contributed by atoms with Crippen LogP contribution in [0.25, 0.3) is 0 Å². The van der Waals surface area contributed by atoms with Crippen molar-refractivity contribution in [1.82, 2.24) is 0 Å². The third-order valence-electron chi connectivity index (χ3n) is 2.75. The van der Waals surface area contributed by atoms with E-state index >= 15 is 0 Å². The third-order valence-corrected chi connectivity index (χ3v) is 2.75. The van der Waals surface area contributed by atoms with E-state index in [1.165, 1.54) is 0 Å². The van der Waals surface area contributed by atoms with Gasteiger partial charge in [0, 0.05) is 17.2 Å². The summed E-state index contributed by atoms with van der Waals surface area (Å²) in [4.78, 5) is 0. The molecule has 1 aromatic rings. The minimum Gasteiger partial charge on any atom is -0.393 e. The van der Waals surface area contributed by atoms with Crippen molar-refractivity contribution in [2.45, 2.75) is 24.5 Å². The molecule has 0 unspecified atom stereocenters. The van der Waals surface area contributed by atoms with Crippen molar-refractivity contribution in [1.29, 1.82) is 0 Å². The van der Waals surface area contributed by atoms with Gasteiger partial charge in [0.2, 0.25) is 0 Å². The second kappa shape index (κ2) is 3.21. The Kier molecular flexibility index (Phi) is 2.24. The molecule has 1 aliphatic rings. The van der Waals surface area contributed by atoms with E-state index in [4.69, 9.17) is 10.8 Å².